The molecule has 1 nitrogen and oxygen atoms in total. The second-order valence-electron chi connectivity index (χ2n) is 2.46. The summed E-state index contributed by atoms with van der Waals surface area (Å²) in [7, 11) is 0. The molecule has 0 heterocycles. The first-order valence-corrected chi connectivity index (χ1v) is 4.65. The van der Waals surface area contributed by atoms with Gasteiger partial charge in [-0.05, 0) is 18.5 Å². The van der Waals surface area contributed by atoms with Crippen LogP contribution in [0, 0.1) is 0 Å². The van der Waals surface area contributed by atoms with Crippen LogP contribution in [0.1, 0.15) is 16.8 Å². The summed E-state index contributed by atoms with van der Waals surface area (Å²) in [6.45, 7) is 0.727. The van der Waals surface area contributed by atoms with Gasteiger partial charge >= 0.3 is 0 Å². The van der Waals surface area contributed by atoms with Gasteiger partial charge in [0.2, 0.25) is 0 Å². The largest absolute Gasteiger partial charge is 0.330 e. The zero-order valence-corrected chi connectivity index (χ0v) is 7.92. The quantitative estimate of drug-likeness (QED) is 0.768. The molecule has 0 fully saturated rings. The lowest BCUT2D eigenvalue weighted by Gasteiger charge is -2.06. The molecule has 1 aromatic carbocycles. The summed E-state index contributed by atoms with van der Waals surface area (Å²) in [4.78, 5) is 0.411. The second-order valence-corrected chi connectivity index (χ2v) is 3.56. The van der Waals surface area contributed by atoms with Crippen LogP contribution in [0.3, 0.4) is 0 Å². The van der Waals surface area contributed by atoms with Crippen LogP contribution in [0.15, 0.2) is 30.3 Å². The number of hydrogen-bond donors (Lipinski definition) is 1. The van der Waals surface area contributed by atoms with E-state index in [-0.39, 0.29) is 0 Å². The molecule has 0 aromatic heterocycles. The van der Waals surface area contributed by atoms with E-state index in [0.717, 1.165) is 13.0 Å². The van der Waals surface area contributed by atoms with Gasteiger partial charge in [-0.2, -0.15) is 0 Å². The highest BCUT2D eigenvalue weighted by molar-refractivity contribution is 9.09. The first kappa shape index (κ1) is 8.75. The van der Waals surface area contributed by atoms with Crippen molar-refractivity contribution < 1.29 is 0 Å². The Morgan fingerprint density at radius 2 is 1.91 bits per heavy atom. The number of nitrogens with two attached hydrogens (primary N) is 1. The minimum Gasteiger partial charge on any atom is -0.330 e. The van der Waals surface area contributed by atoms with Crippen LogP contribution in [0.5, 0.6) is 0 Å². The molecule has 11 heavy (non-hydrogen) atoms. The molecular weight excluding hydrogens is 202 g/mol. The predicted octanol–water partition coefficient (Wildman–Crippen LogP) is 2.47. The predicted molar refractivity (Wildman–Crippen MR) is 51.8 cm³/mol. The Labute approximate surface area is 75.7 Å². The first-order chi connectivity index (χ1) is 5.34. The van der Waals surface area contributed by atoms with Crippen LogP contribution < -0.4 is 5.73 Å². The Kier molecular flexibility index (Phi) is 3.60. The maximum Gasteiger partial charge on any atom is 0.0407 e. The molecule has 0 aliphatic rings. The van der Waals surface area contributed by atoms with E-state index in [1.807, 2.05) is 18.2 Å². The molecule has 0 saturated heterocycles. The Balaban J connectivity index is 2.61. The standard InChI is InChI=1S/C9H12BrN/c10-9(6-7-11)8-4-2-1-3-5-8/h1-5,9H,6-7,11H2. The molecule has 0 spiro atoms. The third-order valence-corrected chi connectivity index (χ3v) is 2.57. The monoisotopic (exact) mass is 213 g/mol. The smallest absolute Gasteiger partial charge is 0.0407 e. The van der Waals surface area contributed by atoms with Crippen molar-refractivity contribution in [1.82, 2.24) is 0 Å². The van der Waals surface area contributed by atoms with Crippen molar-refractivity contribution in [3.63, 3.8) is 0 Å². The van der Waals surface area contributed by atoms with E-state index in [9.17, 15) is 0 Å². The zero-order chi connectivity index (χ0) is 8.10. The zero-order valence-electron chi connectivity index (χ0n) is 6.33. The summed E-state index contributed by atoms with van der Waals surface area (Å²) >= 11 is 3.57. The normalized spacial score (nSPS) is 12.9. The lowest BCUT2D eigenvalue weighted by Crippen LogP contribution is -2.02. The maximum absolute atomic E-state index is 5.44. The molecule has 60 valence electrons. The minimum atomic E-state index is 0.411. The highest BCUT2D eigenvalue weighted by atomic mass is 79.9. The summed E-state index contributed by atoms with van der Waals surface area (Å²) in [6, 6.07) is 10.3. The molecule has 2 heteroatoms. The van der Waals surface area contributed by atoms with Crippen molar-refractivity contribution in [3.8, 4) is 0 Å². The molecule has 1 atom stereocenters. The summed E-state index contributed by atoms with van der Waals surface area (Å²) in [5.41, 5.74) is 6.74. The van der Waals surface area contributed by atoms with Gasteiger partial charge in [-0.15, -0.1) is 0 Å². The number of benzene rings is 1. The molecule has 0 radical (unpaired) electrons. The summed E-state index contributed by atoms with van der Waals surface area (Å²) in [5.74, 6) is 0. The maximum atomic E-state index is 5.44. The van der Waals surface area contributed by atoms with Crippen molar-refractivity contribution in [2.75, 3.05) is 6.54 Å². The van der Waals surface area contributed by atoms with E-state index in [2.05, 4.69) is 28.1 Å². The van der Waals surface area contributed by atoms with Crippen LogP contribution in [0.25, 0.3) is 0 Å². The van der Waals surface area contributed by atoms with Crippen LogP contribution in [0.2, 0.25) is 0 Å². The van der Waals surface area contributed by atoms with E-state index >= 15 is 0 Å². The van der Waals surface area contributed by atoms with E-state index in [1.165, 1.54) is 5.56 Å². The summed E-state index contributed by atoms with van der Waals surface area (Å²) < 4.78 is 0. The molecule has 1 unspecified atom stereocenters. The number of rotatable bonds is 3. The van der Waals surface area contributed by atoms with Gasteiger partial charge in [-0.3, -0.25) is 0 Å². The van der Waals surface area contributed by atoms with E-state index in [1.54, 1.807) is 0 Å². The van der Waals surface area contributed by atoms with Gasteiger partial charge in [0.15, 0.2) is 0 Å². The number of halogens is 1. The van der Waals surface area contributed by atoms with Gasteiger partial charge in [-0.1, -0.05) is 46.3 Å². The third kappa shape index (κ3) is 2.64. The van der Waals surface area contributed by atoms with Crippen molar-refractivity contribution in [3.05, 3.63) is 35.9 Å². The lowest BCUT2D eigenvalue weighted by atomic mass is 10.1. The lowest BCUT2D eigenvalue weighted by molar-refractivity contribution is 0.825. The van der Waals surface area contributed by atoms with Crippen LogP contribution >= 0.6 is 15.9 Å². The fourth-order valence-electron chi connectivity index (χ4n) is 0.975. The van der Waals surface area contributed by atoms with Gasteiger partial charge in [0.05, 0.1) is 0 Å². The fraction of sp³-hybridized carbons (Fsp3) is 0.333. The molecule has 1 aromatic rings. The average Bonchev–Trinajstić information content (AvgIpc) is 2.07. The van der Waals surface area contributed by atoms with Crippen LogP contribution in [-0.2, 0) is 0 Å². The van der Waals surface area contributed by atoms with Crippen molar-refractivity contribution in [2.45, 2.75) is 11.2 Å². The molecule has 0 aliphatic carbocycles. The van der Waals surface area contributed by atoms with Crippen molar-refractivity contribution in [2.24, 2.45) is 5.73 Å². The highest BCUT2D eigenvalue weighted by Gasteiger charge is 2.03. The fourth-order valence-corrected chi connectivity index (χ4v) is 1.54. The number of alkyl halides is 1. The van der Waals surface area contributed by atoms with Gasteiger partial charge < -0.3 is 5.73 Å². The molecule has 0 amide bonds. The molecule has 2 N–H and O–H groups in total. The van der Waals surface area contributed by atoms with Crippen molar-refractivity contribution in [1.29, 1.82) is 0 Å². The van der Waals surface area contributed by atoms with Crippen LogP contribution in [0.4, 0.5) is 0 Å². The Morgan fingerprint density at radius 1 is 1.27 bits per heavy atom. The van der Waals surface area contributed by atoms with Gasteiger partial charge in [0, 0.05) is 4.83 Å². The molecular formula is C9H12BrN. The third-order valence-electron chi connectivity index (χ3n) is 1.58. The van der Waals surface area contributed by atoms with E-state index in [0.29, 0.717) is 4.83 Å². The summed E-state index contributed by atoms with van der Waals surface area (Å²) in [6.07, 6.45) is 0.990. The molecule has 1 rings (SSSR count). The van der Waals surface area contributed by atoms with Gasteiger partial charge in [-0.25, -0.2) is 0 Å². The molecule has 0 saturated carbocycles. The van der Waals surface area contributed by atoms with E-state index < -0.39 is 0 Å². The van der Waals surface area contributed by atoms with Crippen LogP contribution in [-0.4, -0.2) is 6.54 Å². The van der Waals surface area contributed by atoms with Gasteiger partial charge in [0.25, 0.3) is 0 Å². The first-order valence-electron chi connectivity index (χ1n) is 3.73. The van der Waals surface area contributed by atoms with Crippen molar-refractivity contribution >= 4 is 15.9 Å². The Morgan fingerprint density at radius 3 is 2.45 bits per heavy atom. The molecule has 0 aliphatic heterocycles. The summed E-state index contributed by atoms with van der Waals surface area (Å²) in [5, 5.41) is 0. The Hall–Kier alpha value is -0.340. The number of hydrogen-bond acceptors (Lipinski definition) is 1. The Bertz CT molecular complexity index is 198. The second kappa shape index (κ2) is 4.52. The topological polar surface area (TPSA) is 26.0 Å². The minimum absolute atomic E-state index is 0.411. The highest BCUT2D eigenvalue weighted by Crippen LogP contribution is 2.24. The average molecular weight is 214 g/mol. The molecule has 0 bridgehead atoms. The van der Waals surface area contributed by atoms with E-state index in [4.69, 9.17) is 5.73 Å². The van der Waals surface area contributed by atoms with Gasteiger partial charge in [0.1, 0.15) is 0 Å². The SMILES string of the molecule is NCCC(Br)c1ccccc1.